The Labute approximate surface area is 183 Å². The summed E-state index contributed by atoms with van der Waals surface area (Å²) < 4.78 is 27.3. The molecule has 0 spiro atoms. The molecule has 0 fully saturated rings. The maximum Gasteiger partial charge on any atom is 0.243 e. The van der Waals surface area contributed by atoms with Crippen LogP contribution >= 0.6 is 0 Å². The monoisotopic (exact) mass is 439 g/mol. The van der Waals surface area contributed by atoms with Crippen molar-refractivity contribution >= 4 is 32.5 Å². The van der Waals surface area contributed by atoms with E-state index >= 15 is 0 Å². The molecule has 0 unspecified atom stereocenters. The minimum absolute atomic E-state index is 0.212. The fourth-order valence-corrected chi connectivity index (χ4v) is 5.32. The Hall–Kier alpha value is -2.64. The van der Waals surface area contributed by atoms with Crippen molar-refractivity contribution in [3.8, 4) is 0 Å². The second-order valence-electron chi connectivity index (χ2n) is 8.58. The molecule has 1 amide bonds. The number of nitrogens with one attached hydrogen (secondary N) is 2. The smallest absolute Gasteiger partial charge is 0.243 e. The van der Waals surface area contributed by atoms with Gasteiger partial charge in [0, 0.05) is 29.3 Å². The highest BCUT2D eigenvalue weighted by molar-refractivity contribution is 7.89. The third-order valence-corrected chi connectivity index (χ3v) is 7.80. The van der Waals surface area contributed by atoms with E-state index in [9.17, 15) is 13.2 Å². The average molecular weight is 440 g/mol. The zero-order valence-corrected chi connectivity index (χ0v) is 19.1. The number of likely N-dealkylation sites (N-methyl/N-ethyl adjacent to an activating group) is 1. The molecule has 4 rings (SSSR count). The Morgan fingerprint density at radius 2 is 1.81 bits per heavy atom. The number of rotatable bonds is 6. The van der Waals surface area contributed by atoms with Gasteiger partial charge in [-0.15, -0.1) is 0 Å². The van der Waals surface area contributed by atoms with E-state index in [1.54, 1.807) is 12.1 Å². The number of nitrogens with zero attached hydrogens (tertiary/aromatic N) is 1. The molecule has 2 aromatic carbocycles. The van der Waals surface area contributed by atoms with Crippen LogP contribution in [0.1, 0.15) is 49.4 Å². The Morgan fingerprint density at radius 3 is 2.52 bits per heavy atom. The van der Waals surface area contributed by atoms with E-state index in [1.807, 2.05) is 30.3 Å². The number of sulfonamides is 1. The quantitative estimate of drug-likeness (QED) is 0.596. The highest BCUT2D eigenvalue weighted by Gasteiger charge is 2.25. The molecule has 1 aliphatic rings. The van der Waals surface area contributed by atoms with Crippen molar-refractivity contribution in [3.63, 3.8) is 0 Å². The zero-order chi connectivity index (χ0) is 22.2. The first-order chi connectivity index (χ1) is 14.8. The average Bonchev–Trinajstić information content (AvgIpc) is 3.12. The molecule has 1 heterocycles. The van der Waals surface area contributed by atoms with Crippen LogP contribution in [-0.4, -0.2) is 37.2 Å². The van der Waals surface area contributed by atoms with E-state index in [1.165, 1.54) is 23.9 Å². The molecule has 2 N–H and O–H groups in total. The number of anilines is 1. The van der Waals surface area contributed by atoms with Crippen LogP contribution in [0.25, 0.3) is 10.9 Å². The predicted octanol–water partition coefficient (Wildman–Crippen LogP) is 4.43. The number of carbonyl (C=O) groups is 1. The molecule has 1 aromatic heterocycles. The van der Waals surface area contributed by atoms with Gasteiger partial charge in [0.05, 0.1) is 11.4 Å². The number of carbonyl (C=O) groups excluding carboxylic acids is 1. The fraction of sp³-hybridized carbons (Fsp3) is 0.375. The first-order valence-electron chi connectivity index (χ1n) is 10.8. The van der Waals surface area contributed by atoms with Crippen molar-refractivity contribution in [1.29, 1.82) is 0 Å². The number of benzene rings is 2. The number of hydrogen-bond donors (Lipinski definition) is 2. The summed E-state index contributed by atoms with van der Waals surface area (Å²) in [6, 6.07) is 12.8. The molecular weight excluding hydrogens is 410 g/mol. The highest BCUT2D eigenvalue weighted by atomic mass is 32.2. The van der Waals surface area contributed by atoms with Gasteiger partial charge in [0.2, 0.25) is 15.9 Å². The maximum atomic E-state index is 13.1. The number of fused-ring (bicyclic) bond motifs is 3. The van der Waals surface area contributed by atoms with Crippen LogP contribution in [0, 0.1) is 0 Å². The van der Waals surface area contributed by atoms with Crippen molar-refractivity contribution in [2.24, 2.45) is 0 Å². The number of H-pyrrole nitrogens is 1. The SMILES string of the molecule is CC(C)c1ccc(NC(=O)CN(C)S(=O)(=O)c2ccc3[nH]c4c(c3c2)CCCC4)cc1. The topological polar surface area (TPSA) is 82.3 Å². The Balaban J connectivity index is 1.49. The first-order valence-corrected chi connectivity index (χ1v) is 12.2. The van der Waals surface area contributed by atoms with Gasteiger partial charge in [0.25, 0.3) is 0 Å². The number of amides is 1. The molecule has 0 saturated carbocycles. The molecule has 31 heavy (non-hydrogen) atoms. The largest absolute Gasteiger partial charge is 0.358 e. The normalized spacial score (nSPS) is 14.2. The van der Waals surface area contributed by atoms with Crippen molar-refractivity contribution in [1.82, 2.24) is 9.29 Å². The third kappa shape index (κ3) is 4.38. The van der Waals surface area contributed by atoms with Crippen molar-refractivity contribution in [3.05, 3.63) is 59.3 Å². The van der Waals surface area contributed by atoms with E-state index in [4.69, 9.17) is 0 Å². The van der Waals surface area contributed by atoms with Crippen LogP contribution in [-0.2, 0) is 27.7 Å². The summed E-state index contributed by atoms with van der Waals surface area (Å²) in [6.45, 7) is 3.96. The van der Waals surface area contributed by atoms with Crippen LogP contribution < -0.4 is 5.32 Å². The van der Waals surface area contributed by atoms with Gasteiger partial charge in [-0.05, 0) is 73.1 Å². The van der Waals surface area contributed by atoms with Crippen molar-refractivity contribution in [2.75, 3.05) is 18.9 Å². The van der Waals surface area contributed by atoms with E-state index < -0.39 is 10.0 Å². The minimum Gasteiger partial charge on any atom is -0.358 e. The van der Waals surface area contributed by atoms with Crippen LogP contribution in [0.2, 0.25) is 0 Å². The van der Waals surface area contributed by atoms with Gasteiger partial charge in [0.1, 0.15) is 0 Å². The lowest BCUT2D eigenvalue weighted by atomic mass is 9.96. The van der Waals surface area contributed by atoms with Gasteiger partial charge in [-0.2, -0.15) is 4.31 Å². The van der Waals surface area contributed by atoms with Gasteiger partial charge in [-0.25, -0.2) is 8.42 Å². The predicted molar refractivity (Wildman–Crippen MR) is 124 cm³/mol. The van der Waals surface area contributed by atoms with E-state index in [0.717, 1.165) is 40.9 Å². The summed E-state index contributed by atoms with van der Waals surface area (Å²) in [5, 5.41) is 3.75. The van der Waals surface area contributed by atoms with Crippen LogP contribution in [0.5, 0.6) is 0 Å². The lowest BCUT2D eigenvalue weighted by Crippen LogP contribution is -2.34. The molecular formula is C24H29N3O3S. The Morgan fingerprint density at radius 1 is 1.10 bits per heavy atom. The van der Waals surface area contributed by atoms with Gasteiger partial charge >= 0.3 is 0 Å². The molecule has 164 valence electrons. The summed E-state index contributed by atoms with van der Waals surface area (Å²) in [6.07, 6.45) is 4.25. The molecule has 0 saturated heterocycles. The van der Waals surface area contributed by atoms with Crippen LogP contribution in [0.4, 0.5) is 5.69 Å². The molecule has 6 nitrogen and oxygen atoms in total. The van der Waals surface area contributed by atoms with Crippen molar-refractivity contribution < 1.29 is 13.2 Å². The van der Waals surface area contributed by atoms with Crippen molar-refractivity contribution in [2.45, 2.75) is 50.3 Å². The standard InChI is InChI=1S/C24H29N3O3S/c1-16(2)17-8-10-18(11-9-17)25-24(28)15-27(3)31(29,30)19-12-13-23-21(14-19)20-6-4-5-7-22(20)26-23/h8-14,16,26H,4-7,15H2,1-3H3,(H,25,28). The molecule has 1 aliphatic carbocycles. The number of aromatic amines is 1. The summed E-state index contributed by atoms with van der Waals surface area (Å²) >= 11 is 0. The summed E-state index contributed by atoms with van der Waals surface area (Å²) in [7, 11) is -2.34. The van der Waals surface area contributed by atoms with E-state index in [2.05, 4.69) is 24.1 Å². The Kier molecular flexibility index (Phi) is 5.90. The molecule has 0 atom stereocenters. The van der Waals surface area contributed by atoms with Gasteiger partial charge in [0.15, 0.2) is 0 Å². The number of aryl methyl sites for hydroxylation is 2. The highest BCUT2D eigenvalue weighted by Crippen LogP contribution is 2.31. The Bertz CT molecular complexity index is 1210. The molecule has 3 aromatic rings. The van der Waals surface area contributed by atoms with E-state index in [0.29, 0.717) is 11.6 Å². The second kappa shape index (κ2) is 8.48. The summed E-state index contributed by atoms with van der Waals surface area (Å²) in [5.74, 6) is 0.0347. The minimum atomic E-state index is -3.78. The molecule has 0 aliphatic heterocycles. The van der Waals surface area contributed by atoms with Gasteiger partial charge < -0.3 is 10.3 Å². The number of hydrogen-bond acceptors (Lipinski definition) is 3. The molecule has 0 bridgehead atoms. The number of aromatic nitrogens is 1. The lowest BCUT2D eigenvalue weighted by molar-refractivity contribution is -0.116. The van der Waals surface area contributed by atoms with Crippen LogP contribution in [0.15, 0.2) is 47.4 Å². The molecule has 7 heteroatoms. The van der Waals surface area contributed by atoms with Crippen LogP contribution in [0.3, 0.4) is 0 Å². The molecule has 0 radical (unpaired) electrons. The maximum absolute atomic E-state index is 13.1. The fourth-order valence-electron chi connectivity index (χ4n) is 4.16. The van der Waals surface area contributed by atoms with E-state index in [-0.39, 0.29) is 17.3 Å². The summed E-state index contributed by atoms with van der Waals surface area (Å²) in [5.41, 5.74) is 5.24. The second-order valence-corrected chi connectivity index (χ2v) is 10.6. The van der Waals surface area contributed by atoms with Gasteiger partial charge in [-0.1, -0.05) is 26.0 Å². The summed E-state index contributed by atoms with van der Waals surface area (Å²) in [4.78, 5) is 16.1. The van der Waals surface area contributed by atoms with Gasteiger partial charge in [-0.3, -0.25) is 4.79 Å². The third-order valence-electron chi connectivity index (χ3n) is 6.01. The lowest BCUT2D eigenvalue weighted by Gasteiger charge is -2.17. The first kappa shape index (κ1) is 21.6. The zero-order valence-electron chi connectivity index (χ0n) is 18.2.